The Balaban J connectivity index is 4.52. The van der Waals surface area contributed by atoms with Gasteiger partial charge in [-0.25, -0.2) is 0 Å². The van der Waals surface area contributed by atoms with Crippen LogP contribution in [0.25, 0.3) is 0 Å². The van der Waals surface area contributed by atoms with Crippen molar-refractivity contribution in [2.45, 2.75) is 85.5 Å². The zero-order chi connectivity index (χ0) is 13.1. The summed E-state index contributed by atoms with van der Waals surface area (Å²) in [6, 6.07) is 0. The van der Waals surface area contributed by atoms with Gasteiger partial charge in [0, 0.05) is 5.92 Å². The van der Waals surface area contributed by atoms with Crippen molar-refractivity contribution in [2.24, 2.45) is 11.3 Å². The Labute approximate surface area is 108 Å². The van der Waals surface area contributed by atoms with E-state index in [1.165, 1.54) is 57.7 Å². The summed E-state index contributed by atoms with van der Waals surface area (Å²) in [5.74, 6) is 0.278. The van der Waals surface area contributed by atoms with Gasteiger partial charge in [0.15, 0.2) is 0 Å². The van der Waals surface area contributed by atoms with E-state index in [0.717, 1.165) is 6.42 Å². The highest BCUT2D eigenvalue weighted by molar-refractivity contribution is 5.55. The number of rotatable bonds is 11. The summed E-state index contributed by atoms with van der Waals surface area (Å²) in [6.45, 7) is 9.02. The minimum atomic E-state index is 0.253. The number of hydrogen-bond acceptors (Lipinski definition) is 1. The van der Waals surface area contributed by atoms with Gasteiger partial charge in [-0.3, -0.25) is 0 Å². The van der Waals surface area contributed by atoms with Gasteiger partial charge in [-0.2, -0.15) is 0 Å². The van der Waals surface area contributed by atoms with Crippen LogP contribution in [0.3, 0.4) is 0 Å². The number of carbonyl (C=O) groups excluding carboxylic acids is 1. The average molecular weight is 240 g/mol. The van der Waals surface area contributed by atoms with E-state index in [1.807, 2.05) is 0 Å². The lowest BCUT2D eigenvalue weighted by Gasteiger charge is -2.35. The zero-order valence-corrected chi connectivity index (χ0v) is 12.4. The molecule has 0 aliphatic carbocycles. The lowest BCUT2D eigenvalue weighted by atomic mass is 9.69. The Morgan fingerprint density at radius 2 is 1.41 bits per heavy atom. The van der Waals surface area contributed by atoms with Crippen molar-refractivity contribution in [3.8, 4) is 0 Å². The third kappa shape index (κ3) is 6.24. The molecule has 0 radical (unpaired) electrons. The zero-order valence-electron chi connectivity index (χ0n) is 12.4. The molecule has 0 saturated heterocycles. The second-order valence-electron chi connectivity index (χ2n) is 5.75. The van der Waals surface area contributed by atoms with Crippen LogP contribution in [-0.4, -0.2) is 6.29 Å². The van der Waals surface area contributed by atoms with E-state index in [9.17, 15) is 4.79 Å². The third-order valence-corrected chi connectivity index (χ3v) is 4.13. The molecule has 0 fully saturated rings. The Kier molecular flexibility index (Phi) is 9.49. The number of hydrogen-bond donors (Lipinski definition) is 0. The van der Waals surface area contributed by atoms with Crippen molar-refractivity contribution in [3.63, 3.8) is 0 Å². The molecule has 0 aliphatic heterocycles. The molecule has 0 aromatic rings. The highest BCUT2D eigenvalue weighted by Crippen LogP contribution is 2.39. The Morgan fingerprint density at radius 1 is 0.941 bits per heavy atom. The van der Waals surface area contributed by atoms with Crippen LogP contribution in [0.1, 0.15) is 85.5 Å². The van der Waals surface area contributed by atoms with Crippen LogP contribution < -0.4 is 0 Å². The highest BCUT2D eigenvalue weighted by atomic mass is 16.1. The number of unbranched alkanes of at least 4 members (excludes halogenated alkanes) is 3. The molecule has 0 N–H and O–H groups in total. The van der Waals surface area contributed by atoms with E-state index in [2.05, 4.69) is 27.7 Å². The summed E-state index contributed by atoms with van der Waals surface area (Å²) in [6.07, 6.45) is 12.1. The normalized spacial score (nSPS) is 13.6. The molecule has 0 aliphatic rings. The summed E-state index contributed by atoms with van der Waals surface area (Å²) < 4.78 is 0. The average Bonchev–Trinajstić information content (AvgIpc) is 2.35. The smallest absolute Gasteiger partial charge is 0.123 e. The molecule has 1 atom stereocenters. The minimum absolute atomic E-state index is 0.253. The second-order valence-corrected chi connectivity index (χ2v) is 5.75. The van der Waals surface area contributed by atoms with Crippen molar-refractivity contribution in [2.75, 3.05) is 0 Å². The molecule has 0 saturated carbocycles. The SMILES string of the molecule is CCCCC(C=O)C(C)(CCCC)CCCC. The third-order valence-electron chi connectivity index (χ3n) is 4.13. The lowest BCUT2D eigenvalue weighted by Crippen LogP contribution is -2.29. The van der Waals surface area contributed by atoms with E-state index in [0.29, 0.717) is 0 Å². The number of aldehydes is 1. The molecule has 0 heterocycles. The fourth-order valence-corrected chi connectivity index (χ4v) is 2.66. The molecule has 0 aromatic carbocycles. The van der Waals surface area contributed by atoms with Gasteiger partial charge in [0.05, 0.1) is 0 Å². The van der Waals surface area contributed by atoms with Gasteiger partial charge in [0.1, 0.15) is 6.29 Å². The van der Waals surface area contributed by atoms with Crippen molar-refractivity contribution in [1.82, 2.24) is 0 Å². The maximum Gasteiger partial charge on any atom is 0.123 e. The monoisotopic (exact) mass is 240 g/mol. The minimum Gasteiger partial charge on any atom is -0.303 e. The maximum atomic E-state index is 11.4. The molecule has 0 aromatic heterocycles. The first-order chi connectivity index (χ1) is 8.14. The van der Waals surface area contributed by atoms with Crippen molar-refractivity contribution >= 4 is 6.29 Å². The van der Waals surface area contributed by atoms with Gasteiger partial charge < -0.3 is 4.79 Å². The van der Waals surface area contributed by atoms with Crippen molar-refractivity contribution < 1.29 is 4.79 Å². The number of carbonyl (C=O) groups is 1. The molecule has 0 bridgehead atoms. The molecule has 0 rings (SSSR count). The van der Waals surface area contributed by atoms with Gasteiger partial charge >= 0.3 is 0 Å². The van der Waals surface area contributed by atoms with Gasteiger partial charge in [0.2, 0.25) is 0 Å². The predicted octanol–water partition coefficient (Wildman–Crippen LogP) is 5.38. The summed E-state index contributed by atoms with van der Waals surface area (Å²) in [4.78, 5) is 11.4. The largest absolute Gasteiger partial charge is 0.303 e. The summed E-state index contributed by atoms with van der Waals surface area (Å²) >= 11 is 0. The molecular weight excluding hydrogens is 208 g/mol. The van der Waals surface area contributed by atoms with Crippen LogP contribution in [-0.2, 0) is 4.79 Å². The predicted molar refractivity (Wildman–Crippen MR) is 76.2 cm³/mol. The fraction of sp³-hybridized carbons (Fsp3) is 0.938. The van der Waals surface area contributed by atoms with E-state index < -0.39 is 0 Å². The van der Waals surface area contributed by atoms with Crippen LogP contribution in [0, 0.1) is 11.3 Å². The standard InChI is InChI=1S/C16H32O/c1-5-8-11-15(14-17)16(4,12-9-6-2)13-10-7-3/h14-15H,5-13H2,1-4H3. The molecule has 102 valence electrons. The quantitative estimate of drug-likeness (QED) is 0.443. The van der Waals surface area contributed by atoms with Crippen LogP contribution in [0.2, 0.25) is 0 Å². The maximum absolute atomic E-state index is 11.4. The molecule has 0 amide bonds. The summed E-state index contributed by atoms with van der Waals surface area (Å²) in [5.41, 5.74) is 0.253. The van der Waals surface area contributed by atoms with Gasteiger partial charge in [-0.15, -0.1) is 0 Å². The van der Waals surface area contributed by atoms with Gasteiger partial charge in [-0.1, -0.05) is 66.2 Å². The molecular formula is C16H32O. The molecule has 17 heavy (non-hydrogen) atoms. The van der Waals surface area contributed by atoms with E-state index in [4.69, 9.17) is 0 Å². The second kappa shape index (κ2) is 9.67. The molecule has 1 unspecified atom stereocenters. The lowest BCUT2D eigenvalue weighted by molar-refractivity contribution is -0.115. The first-order valence-corrected chi connectivity index (χ1v) is 7.59. The summed E-state index contributed by atoms with van der Waals surface area (Å²) in [5, 5.41) is 0. The van der Waals surface area contributed by atoms with E-state index >= 15 is 0 Å². The summed E-state index contributed by atoms with van der Waals surface area (Å²) in [7, 11) is 0. The topological polar surface area (TPSA) is 17.1 Å². The van der Waals surface area contributed by atoms with Crippen molar-refractivity contribution in [3.05, 3.63) is 0 Å². The first-order valence-electron chi connectivity index (χ1n) is 7.59. The Bertz CT molecular complexity index is 178. The van der Waals surface area contributed by atoms with E-state index in [1.54, 1.807) is 0 Å². The molecule has 0 spiro atoms. The molecule has 1 nitrogen and oxygen atoms in total. The van der Waals surface area contributed by atoms with Crippen LogP contribution in [0.5, 0.6) is 0 Å². The van der Waals surface area contributed by atoms with E-state index in [-0.39, 0.29) is 11.3 Å². The van der Waals surface area contributed by atoms with Crippen LogP contribution >= 0.6 is 0 Å². The van der Waals surface area contributed by atoms with Crippen LogP contribution in [0.15, 0.2) is 0 Å². The van der Waals surface area contributed by atoms with Crippen LogP contribution in [0.4, 0.5) is 0 Å². The highest BCUT2D eigenvalue weighted by Gasteiger charge is 2.32. The first kappa shape index (κ1) is 16.7. The van der Waals surface area contributed by atoms with Gasteiger partial charge in [0.25, 0.3) is 0 Å². The van der Waals surface area contributed by atoms with Crippen molar-refractivity contribution in [1.29, 1.82) is 0 Å². The Morgan fingerprint density at radius 3 is 1.76 bits per heavy atom. The Hall–Kier alpha value is -0.330. The molecule has 1 heteroatoms. The van der Waals surface area contributed by atoms with Gasteiger partial charge in [-0.05, 0) is 24.7 Å². The fourth-order valence-electron chi connectivity index (χ4n) is 2.66.